The van der Waals surface area contributed by atoms with Crippen LogP contribution in [0.25, 0.3) is 0 Å². The number of hydrogen-bond donors (Lipinski definition) is 3. The van der Waals surface area contributed by atoms with Crippen molar-refractivity contribution in [3.8, 4) is 0 Å². The normalized spacial score (nSPS) is 48.3. The molecule has 8 atom stereocenters. The molecule has 226 valence electrons. The Hall–Kier alpha value is -1.50. The van der Waals surface area contributed by atoms with Gasteiger partial charge in [0, 0.05) is 40.2 Å². The van der Waals surface area contributed by atoms with E-state index in [9.17, 15) is 19.8 Å². The van der Waals surface area contributed by atoms with Crippen molar-refractivity contribution in [2.45, 2.75) is 115 Å². The van der Waals surface area contributed by atoms with E-state index in [1.807, 2.05) is 0 Å². The number of carbonyl (C=O) groups is 2. The predicted octanol–water partition coefficient (Wildman–Crippen LogP) is 4.92. The first-order valence-electron chi connectivity index (χ1n) is 16.9. The van der Waals surface area contributed by atoms with Crippen molar-refractivity contribution in [1.29, 1.82) is 0 Å². The summed E-state index contributed by atoms with van der Waals surface area (Å²) in [4.78, 5) is 28.8. The number of nitrogens with two attached hydrogens (primary N) is 1. The Morgan fingerprint density at radius 1 is 0.878 bits per heavy atom. The number of rotatable bonds is 5. The molecule has 0 aromatic heterocycles. The van der Waals surface area contributed by atoms with Gasteiger partial charge in [-0.05, 0) is 101 Å². The molecule has 8 rings (SSSR count). The minimum Gasteiger partial charge on any atom is -0.393 e. The zero-order valence-electron chi connectivity index (χ0n) is 25.4. The smallest absolute Gasteiger partial charge is 0.220 e. The summed E-state index contributed by atoms with van der Waals surface area (Å²) in [6.45, 7) is 7.05. The van der Waals surface area contributed by atoms with E-state index in [0.717, 1.165) is 102 Å². The molecule has 1 unspecified atom stereocenters. The van der Waals surface area contributed by atoms with E-state index in [0.29, 0.717) is 18.2 Å². The molecule has 2 spiro atoms. The molecule has 41 heavy (non-hydrogen) atoms. The van der Waals surface area contributed by atoms with Gasteiger partial charge in [-0.15, -0.1) is 0 Å². The molecule has 1 aliphatic heterocycles. The van der Waals surface area contributed by atoms with E-state index in [4.69, 9.17) is 5.73 Å². The number of carbonyl (C=O) groups excluding carboxylic acids is 2. The first-order chi connectivity index (χ1) is 19.5. The average Bonchev–Trinajstić information content (AvgIpc) is 3.23. The summed E-state index contributed by atoms with van der Waals surface area (Å²) in [6.07, 6.45) is 20.3. The van der Waals surface area contributed by atoms with Crippen LogP contribution in [0.4, 0.5) is 0 Å². The molecule has 0 radical (unpaired) electrons. The maximum Gasteiger partial charge on any atom is 0.220 e. The molecular weight excluding hydrogens is 512 g/mol. The number of likely N-dealkylation sites (tertiary alicyclic amines) is 1. The Balaban J connectivity index is 1.27. The van der Waals surface area contributed by atoms with Crippen molar-refractivity contribution in [3.63, 3.8) is 0 Å². The van der Waals surface area contributed by atoms with Gasteiger partial charge in [0.15, 0.2) is 5.78 Å². The van der Waals surface area contributed by atoms with Crippen molar-refractivity contribution in [2.75, 3.05) is 19.6 Å². The highest BCUT2D eigenvalue weighted by Gasteiger charge is 2.74. The fourth-order valence-electron chi connectivity index (χ4n) is 12.0. The molecule has 5 fully saturated rings. The largest absolute Gasteiger partial charge is 0.393 e. The summed E-state index contributed by atoms with van der Waals surface area (Å²) in [5.41, 5.74) is 5.00. The predicted molar refractivity (Wildman–Crippen MR) is 158 cm³/mol. The zero-order valence-corrected chi connectivity index (χ0v) is 25.4. The van der Waals surface area contributed by atoms with Crippen molar-refractivity contribution >= 4 is 11.7 Å². The van der Waals surface area contributed by atoms with Crippen LogP contribution >= 0.6 is 0 Å². The van der Waals surface area contributed by atoms with Crippen LogP contribution in [-0.2, 0) is 9.59 Å². The van der Waals surface area contributed by atoms with Crippen LogP contribution in [0, 0.1) is 45.3 Å². The standard InChI is InChI=1S/C35H52N2O4/c1-31-13-8-25(38)20-33(31)16-17-35(26(21-33)29(39)23-6-4-3-5-7-23)27(31)9-14-32(2)28(35)10-15-34(32,41)22-37-18-11-24(12-19-37)30(36)40/h16-17,21,23-25,27-28,38,41H,3-15,18-20,22H2,1-2H3,(H2,36,40)/t25?,27-,28-,31-,32+,33+,34-,35-/m1/s1. The second-order valence-corrected chi connectivity index (χ2v) is 16.0. The summed E-state index contributed by atoms with van der Waals surface area (Å²) in [6, 6.07) is 0. The van der Waals surface area contributed by atoms with Gasteiger partial charge in [-0.3, -0.25) is 9.59 Å². The van der Waals surface area contributed by atoms with E-state index >= 15 is 0 Å². The van der Waals surface area contributed by atoms with Gasteiger partial charge in [0.05, 0.1) is 11.7 Å². The molecule has 1 heterocycles. The molecule has 0 aromatic rings. The summed E-state index contributed by atoms with van der Waals surface area (Å²) in [5, 5.41) is 23.5. The van der Waals surface area contributed by atoms with Gasteiger partial charge in [-0.25, -0.2) is 0 Å². The molecule has 4 saturated carbocycles. The molecule has 4 N–H and O–H groups in total. The molecule has 6 heteroatoms. The number of hydrogen-bond acceptors (Lipinski definition) is 5. The maximum atomic E-state index is 14.6. The van der Waals surface area contributed by atoms with Crippen LogP contribution in [0.3, 0.4) is 0 Å². The third-order valence-corrected chi connectivity index (χ3v) is 14.4. The quantitative estimate of drug-likeness (QED) is 0.411. The van der Waals surface area contributed by atoms with Crippen molar-refractivity contribution in [2.24, 2.45) is 51.1 Å². The van der Waals surface area contributed by atoms with Crippen molar-refractivity contribution in [3.05, 3.63) is 23.8 Å². The van der Waals surface area contributed by atoms with Gasteiger partial charge in [0.1, 0.15) is 0 Å². The second kappa shape index (κ2) is 9.50. The lowest BCUT2D eigenvalue weighted by Crippen LogP contribution is -2.67. The van der Waals surface area contributed by atoms with E-state index in [2.05, 4.69) is 37.0 Å². The Labute approximate surface area is 246 Å². The number of aliphatic hydroxyl groups excluding tert-OH is 1. The molecule has 1 amide bonds. The lowest BCUT2D eigenvalue weighted by atomic mass is 9.32. The highest BCUT2D eigenvalue weighted by Crippen LogP contribution is 2.78. The van der Waals surface area contributed by atoms with Gasteiger partial charge >= 0.3 is 0 Å². The van der Waals surface area contributed by atoms with Gasteiger partial charge < -0.3 is 20.8 Å². The molecule has 7 aliphatic carbocycles. The van der Waals surface area contributed by atoms with Crippen LogP contribution in [0.15, 0.2) is 23.8 Å². The minimum absolute atomic E-state index is 0.0238. The topological polar surface area (TPSA) is 104 Å². The number of fused-ring (bicyclic) bond motifs is 1. The Bertz CT molecular complexity index is 1170. The number of piperidine rings is 1. The summed E-state index contributed by atoms with van der Waals surface area (Å²) in [5.74, 6) is 0.843. The number of ketones is 1. The summed E-state index contributed by atoms with van der Waals surface area (Å²) < 4.78 is 0. The van der Waals surface area contributed by atoms with Crippen LogP contribution in [0.1, 0.15) is 104 Å². The Kier molecular flexibility index (Phi) is 6.55. The molecule has 0 aromatic carbocycles. The number of β-amino-alcohol motifs (C(OH)–C–C–N with tert-alkyl or cyclic N) is 1. The highest BCUT2D eigenvalue weighted by molar-refractivity contribution is 6.00. The third kappa shape index (κ3) is 3.78. The number of primary amides is 1. The second-order valence-electron chi connectivity index (χ2n) is 16.0. The van der Waals surface area contributed by atoms with Gasteiger partial charge in [-0.1, -0.05) is 51.3 Å². The van der Waals surface area contributed by atoms with Crippen LogP contribution in [0.5, 0.6) is 0 Å². The van der Waals surface area contributed by atoms with E-state index in [1.54, 1.807) is 0 Å². The van der Waals surface area contributed by atoms with E-state index < -0.39 is 5.60 Å². The zero-order chi connectivity index (χ0) is 28.8. The molecule has 2 bridgehead atoms. The number of nitrogens with zero attached hydrogens (tertiary/aromatic N) is 1. The molecule has 8 aliphatic rings. The van der Waals surface area contributed by atoms with Crippen LogP contribution < -0.4 is 5.73 Å². The van der Waals surface area contributed by atoms with Gasteiger partial charge in [0.25, 0.3) is 0 Å². The average molecular weight is 565 g/mol. The maximum absolute atomic E-state index is 14.6. The Morgan fingerprint density at radius 3 is 2.24 bits per heavy atom. The van der Waals surface area contributed by atoms with E-state index in [1.165, 1.54) is 6.42 Å². The SMILES string of the molecule is C[C@]12CC[C@H]3[C@]4(C=C[C@@]5(C=C4C(=O)C4CCCCC4)CC(O)CC[C@]35C)[C@@H]1CC[C@@]2(O)CN1CCC(C(N)=O)CC1. The van der Waals surface area contributed by atoms with Crippen LogP contribution in [0.2, 0.25) is 0 Å². The van der Waals surface area contributed by atoms with Crippen molar-refractivity contribution in [1.82, 2.24) is 4.90 Å². The fraction of sp³-hybridized carbons (Fsp3) is 0.829. The van der Waals surface area contributed by atoms with E-state index in [-0.39, 0.29) is 51.4 Å². The summed E-state index contributed by atoms with van der Waals surface area (Å²) in [7, 11) is 0. The minimum atomic E-state index is -0.820. The van der Waals surface area contributed by atoms with Gasteiger partial charge in [-0.2, -0.15) is 0 Å². The lowest BCUT2D eigenvalue weighted by Gasteiger charge is -2.71. The molecular formula is C35H52N2O4. The third-order valence-electron chi connectivity index (χ3n) is 14.4. The molecule has 1 saturated heterocycles. The first kappa shape index (κ1) is 28.3. The number of amides is 1. The Morgan fingerprint density at radius 2 is 1.54 bits per heavy atom. The summed E-state index contributed by atoms with van der Waals surface area (Å²) >= 11 is 0. The lowest BCUT2D eigenvalue weighted by molar-refractivity contribution is -0.180. The van der Waals surface area contributed by atoms with Crippen LogP contribution in [-0.4, -0.2) is 58.1 Å². The van der Waals surface area contributed by atoms with Gasteiger partial charge in [0.2, 0.25) is 5.91 Å². The number of allylic oxidation sites excluding steroid dienone is 4. The molecule has 6 nitrogen and oxygen atoms in total. The first-order valence-corrected chi connectivity index (χ1v) is 16.9. The number of aliphatic hydroxyl groups is 2. The highest BCUT2D eigenvalue weighted by atomic mass is 16.3. The fourth-order valence-corrected chi connectivity index (χ4v) is 12.0. The van der Waals surface area contributed by atoms with Crippen molar-refractivity contribution < 1.29 is 19.8 Å². The number of Topliss-reactive ketones (excluding diaryl/α,β-unsaturated/α-hetero) is 1. The monoisotopic (exact) mass is 564 g/mol.